The summed E-state index contributed by atoms with van der Waals surface area (Å²) in [6, 6.07) is 67.6. The lowest BCUT2D eigenvalue weighted by Crippen LogP contribution is -2.12. The van der Waals surface area contributed by atoms with Crippen molar-refractivity contribution in [2.24, 2.45) is 0 Å². The molecule has 0 aliphatic heterocycles. The van der Waals surface area contributed by atoms with Gasteiger partial charge in [-0.25, -0.2) is 0 Å². The molecule has 0 spiro atoms. The van der Waals surface area contributed by atoms with Gasteiger partial charge < -0.3 is 4.90 Å². The number of nitrogens with zero attached hydrogens (tertiary/aromatic N) is 1. The molecule has 0 aliphatic rings. The Balaban J connectivity index is 1.39. The monoisotopic (exact) mass is 573 g/mol. The lowest BCUT2D eigenvalue weighted by molar-refractivity contribution is 1.30. The van der Waals surface area contributed by atoms with E-state index < -0.39 is 0 Å². The van der Waals surface area contributed by atoms with Crippen LogP contribution < -0.4 is 4.90 Å². The average molecular weight is 574 g/mol. The highest BCUT2D eigenvalue weighted by molar-refractivity contribution is 6.22. The second-order valence-electron chi connectivity index (χ2n) is 11.3. The molecule has 0 saturated carbocycles. The quantitative estimate of drug-likeness (QED) is 0.179. The summed E-state index contributed by atoms with van der Waals surface area (Å²) in [4.78, 5) is 2.43. The molecule has 8 aromatic carbocycles. The van der Waals surface area contributed by atoms with E-state index in [2.05, 4.69) is 193 Å². The maximum Gasteiger partial charge on any atom is 0.0624 e. The van der Waals surface area contributed by atoms with Gasteiger partial charge in [-0.1, -0.05) is 164 Å². The first kappa shape index (κ1) is 26.7. The molecule has 0 saturated heterocycles. The van der Waals surface area contributed by atoms with Crippen molar-refractivity contribution in [3.63, 3.8) is 0 Å². The molecule has 0 heterocycles. The predicted molar refractivity (Wildman–Crippen MR) is 192 cm³/mol. The normalized spacial score (nSPS) is 11.1. The number of anilines is 3. The van der Waals surface area contributed by atoms with Gasteiger partial charge in [0, 0.05) is 22.3 Å². The Morgan fingerprint density at radius 2 is 0.667 bits per heavy atom. The molecule has 0 bridgehead atoms. The molecule has 0 aliphatic carbocycles. The summed E-state index contributed by atoms with van der Waals surface area (Å²) < 4.78 is 0. The van der Waals surface area contributed by atoms with Crippen LogP contribution in [0.4, 0.5) is 17.1 Å². The van der Waals surface area contributed by atoms with Crippen LogP contribution in [0.15, 0.2) is 188 Å². The lowest BCUT2D eigenvalue weighted by Gasteiger charge is -2.30. The molecule has 0 fully saturated rings. The Kier molecular flexibility index (Phi) is 6.90. The molecular formula is C44H31N. The third-order valence-corrected chi connectivity index (χ3v) is 8.65. The van der Waals surface area contributed by atoms with E-state index >= 15 is 0 Å². The maximum absolute atomic E-state index is 2.43. The van der Waals surface area contributed by atoms with Crippen molar-refractivity contribution in [1.82, 2.24) is 0 Å². The summed E-state index contributed by atoms with van der Waals surface area (Å²) >= 11 is 0. The lowest BCUT2D eigenvalue weighted by atomic mass is 9.90. The third kappa shape index (κ3) is 4.85. The standard InChI is InChI=1S/C44H31N/c1-4-16-32(17-5-1)37-22-10-11-23-38(37)33-28-30-36(31-29-33)45(35-20-8-3-9-21-35)44-42-27-15-13-25-40(42)39-24-12-14-26-41(39)43(44)34-18-6-2-7-19-34/h1-31H. The van der Waals surface area contributed by atoms with Crippen molar-refractivity contribution in [2.45, 2.75) is 0 Å². The van der Waals surface area contributed by atoms with Crippen LogP contribution in [0.2, 0.25) is 0 Å². The largest absolute Gasteiger partial charge is 0.309 e. The Morgan fingerprint density at radius 1 is 0.267 bits per heavy atom. The summed E-state index contributed by atoms with van der Waals surface area (Å²) in [7, 11) is 0. The number of hydrogen-bond acceptors (Lipinski definition) is 1. The van der Waals surface area contributed by atoms with Gasteiger partial charge in [-0.2, -0.15) is 0 Å². The number of rotatable bonds is 6. The molecule has 0 radical (unpaired) electrons. The Morgan fingerprint density at radius 3 is 1.27 bits per heavy atom. The molecule has 212 valence electrons. The zero-order chi connectivity index (χ0) is 30.0. The fourth-order valence-electron chi connectivity index (χ4n) is 6.63. The van der Waals surface area contributed by atoms with Gasteiger partial charge >= 0.3 is 0 Å². The number of fused-ring (bicyclic) bond motifs is 3. The van der Waals surface area contributed by atoms with E-state index in [1.165, 1.54) is 60.6 Å². The van der Waals surface area contributed by atoms with Gasteiger partial charge in [0.2, 0.25) is 0 Å². The molecule has 1 heteroatoms. The van der Waals surface area contributed by atoms with E-state index in [0.29, 0.717) is 0 Å². The minimum atomic E-state index is 1.11. The van der Waals surface area contributed by atoms with Gasteiger partial charge in [0.05, 0.1) is 5.69 Å². The Hall–Kier alpha value is -5.92. The van der Waals surface area contributed by atoms with Crippen LogP contribution in [0, 0.1) is 0 Å². The zero-order valence-electron chi connectivity index (χ0n) is 24.8. The molecule has 0 unspecified atom stereocenters. The van der Waals surface area contributed by atoms with Gasteiger partial charge in [0.1, 0.15) is 0 Å². The molecule has 1 nitrogen and oxygen atoms in total. The van der Waals surface area contributed by atoms with Gasteiger partial charge in [0.15, 0.2) is 0 Å². The fraction of sp³-hybridized carbons (Fsp3) is 0. The topological polar surface area (TPSA) is 3.24 Å². The highest BCUT2D eigenvalue weighted by atomic mass is 15.1. The zero-order valence-corrected chi connectivity index (χ0v) is 24.8. The third-order valence-electron chi connectivity index (χ3n) is 8.65. The molecule has 0 amide bonds. The number of para-hydroxylation sites is 1. The molecular weight excluding hydrogens is 542 g/mol. The van der Waals surface area contributed by atoms with Crippen molar-refractivity contribution < 1.29 is 0 Å². The first-order valence-corrected chi connectivity index (χ1v) is 15.5. The van der Waals surface area contributed by atoms with Crippen LogP contribution in [-0.4, -0.2) is 0 Å². The average Bonchev–Trinajstić information content (AvgIpc) is 3.13. The summed E-state index contributed by atoms with van der Waals surface area (Å²) in [5, 5.41) is 4.97. The van der Waals surface area contributed by atoms with E-state index in [0.717, 1.165) is 11.4 Å². The van der Waals surface area contributed by atoms with E-state index in [9.17, 15) is 0 Å². The second kappa shape index (κ2) is 11.6. The molecule has 8 rings (SSSR count). The van der Waals surface area contributed by atoms with Crippen LogP contribution in [0.1, 0.15) is 0 Å². The molecule has 0 atom stereocenters. The number of benzene rings is 8. The first-order valence-electron chi connectivity index (χ1n) is 15.5. The second-order valence-corrected chi connectivity index (χ2v) is 11.3. The predicted octanol–water partition coefficient (Wildman–Crippen LogP) is 12.5. The van der Waals surface area contributed by atoms with Crippen molar-refractivity contribution in [3.05, 3.63) is 188 Å². The van der Waals surface area contributed by atoms with Crippen molar-refractivity contribution in [3.8, 4) is 33.4 Å². The number of hydrogen-bond donors (Lipinski definition) is 0. The summed E-state index contributed by atoms with van der Waals surface area (Å²) in [6.07, 6.45) is 0. The Bertz CT molecular complexity index is 2240. The molecule has 45 heavy (non-hydrogen) atoms. The molecule has 8 aromatic rings. The maximum atomic E-state index is 2.43. The summed E-state index contributed by atoms with van der Waals surface area (Å²) in [6.45, 7) is 0. The first-order chi connectivity index (χ1) is 22.4. The molecule has 0 aromatic heterocycles. The van der Waals surface area contributed by atoms with Crippen LogP contribution in [0.25, 0.3) is 54.9 Å². The van der Waals surface area contributed by atoms with E-state index in [1.54, 1.807) is 0 Å². The molecule has 0 N–H and O–H groups in total. The SMILES string of the molecule is c1ccc(-c2ccccc2-c2ccc(N(c3ccccc3)c3c(-c4ccccc4)c4ccccc4c4ccccc34)cc2)cc1. The van der Waals surface area contributed by atoms with Crippen molar-refractivity contribution >= 4 is 38.6 Å². The fourth-order valence-corrected chi connectivity index (χ4v) is 6.63. The Labute approximate surface area is 264 Å². The van der Waals surface area contributed by atoms with Crippen molar-refractivity contribution in [2.75, 3.05) is 4.90 Å². The minimum Gasteiger partial charge on any atom is -0.309 e. The highest BCUT2D eigenvalue weighted by Crippen LogP contribution is 2.49. The van der Waals surface area contributed by atoms with E-state index in [1.807, 2.05) is 0 Å². The summed E-state index contributed by atoms with van der Waals surface area (Å²) in [5.41, 5.74) is 10.7. The van der Waals surface area contributed by atoms with E-state index in [4.69, 9.17) is 0 Å². The van der Waals surface area contributed by atoms with Gasteiger partial charge in [0.25, 0.3) is 0 Å². The smallest absolute Gasteiger partial charge is 0.0624 e. The van der Waals surface area contributed by atoms with Gasteiger partial charge in [-0.15, -0.1) is 0 Å². The highest BCUT2D eigenvalue weighted by Gasteiger charge is 2.23. The van der Waals surface area contributed by atoms with Crippen LogP contribution >= 0.6 is 0 Å². The van der Waals surface area contributed by atoms with Crippen LogP contribution in [-0.2, 0) is 0 Å². The minimum absolute atomic E-state index is 1.11. The van der Waals surface area contributed by atoms with Crippen LogP contribution in [0.5, 0.6) is 0 Å². The van der Waals surface area contributed by atoms with Gasteiger partial charge in [-0.3, -0.25) is 0 Å². The van der Waals surface area contributed by atoms with Crippen molar-refractivity contribution in [1.29, 1.82) is 0 Å². The van der Waals surface area contributed by atoms with E-state index in [-0.39, 0.29) is 0 Å². The van der Waals surface area contributed by atoms with Gasteiger partial charge in [-0.05, 0) is 68.2 Å². The summed E-state index contributed by atoms with van der Waals surface area (Å²) in [5.74, 6) is 0. The van der Waals surface area contributed by atoms with Crippen LogP contribution in [0.3, 0.4) is 0 Å².